The smallest absolute Gasteiger partial charge is 0.336 e. The van der Waals surface area contributed by atoms with Crippen LogP contribution in [-0.4, -0.2) is 40.6 Å². The van der Waals surface area contributed by atoms with Crippen LogP contribution in [0, 0.1) is 5.92 Å². The summed E-state index contributed by atoms with van der Waals surface area (Å²) < 4.78 is 15.8. The number of esters is 1. The fourth-order valence-electron chi connectivity index (χ4n) is 3.03. The summed E-state index contributed by atoms with van der Waals surface area (Å²) in [4.78, 5) is 22.7. The largest absolute Gasteiger partial charge is 0.491 e. The fourth-order valence-corrected chi connectivity index (χ4v) is 3.03. The first-order valence-corrected chi connectivity index (χ1v) is 8.52. The van der Waals surface area contributed by atoms with Crippen molar-refractivity contribution in [1.29, 1.82) is 0 Å². The minimum Gasteiger partial charge on any atom is -0.491 e. The van der Waals surface area contributed by atoms with Gasteiger partial charge < -0.3 is 24.1 Å². The minimum atomic E-state index is -1.47. The normalized spacial score (nSPS) is 23.5. The van der Waals surface area contributed by atoms with Gasteiger partial charge in [0.15, 0.2) is 0 Å². The maximum absolute atomic E-state index is 11.5. The Kier molecular flexibility index (Phi) is 5.02. The van der Waals surface area contributed by atoms with E-state index in [4.69, 9.17) is 13.9 Å². The van der Waals surface area contributed by atoms with Crippen molar-refractivity contribution in [2.24, 2.45) is 5.92 Å². The Balaban J connectivity index is 1.61. The molecule has 0 bridgehead atoms. The first-order valence-electron chi connectivity index (χ1n) is 8.52. The van der Waals surface area contributed by atoms with Crippen molar-refractivity contribution < 1.29 is 28.9 Å². The molecule has 26 heavy (non-hydrogen) atoms. The Labute approximate surface area is 150 Å². The molecule has 1 aliphatic heterocycles. The number of ether oxygens (including phenoxy) is 2. The summed E-state index contributed by atoms with van der Waals surface area (Å²) in [6, 6.07) is 7.95. The zero-order valence-corrected chi connectivity index (χ0v) is 14.7. The third-order valence-corrected chi connectivity index (χ3v) is 4.66. The molecular formula is C19H22O7. The molecule has 4 atom stereocenters. The van der Waals surface area contributed by atoms with Crippen LogP contribution in [0.15, 0.2) is 39.5 Å². The summed E-state index contributed by atoms with van der Waals surface area (Å²) in [7, 11) is 0. The number of rotatable bonds is 6. The molecule has 4 unspecified atom stereocenters. The molecule has 0 amide bonds. The van der Waals surface area contributed by atoms with Crippen molar-refractivity contribution in [3.8, 4) is 5.75 Å². The molecule has 0 spiro atoms. The van der Waals surface area contributed by atoms with Gasteiger partial charge in [-0.2, -0.15) is 0 Å². The lowest BCUT2D eigenvalue weighted by molar-refractivity contribution is -0.148. The van der Waals surface area contributed by atoms with Crippen molar-refractivity contribution in [2.75, 3.05) is 6.61 Å². The van der Waals surface area contributed by atoms with E-state index in [0.29, 0.717) is 17.8 Å². The lowest BCUT2D eigenvalue weighted by atomic mass is 9.90. The molecule has 1 aromatic heterocycles. The highest BCUT2D eigenvalue weighted by Crippen LogP contribution is 2.29. The first kappa shape index (κ1) is 18.4. The third-order valence-electron chi connectivity index (χ3n) is 4.66. The van der Waals surface area contributed by atoms with Crippen molar-refractivity contribution in [3.63, 3.8) is 0 Å². The van der Waals surface area contributed by atoms with Gasteiger partial charge in [-0.15, -0.1) is 0 Å². The van der Waals surface area contributed by atoms with Crippen LogP contribution in [0.4, 0.5) is 0 Å². The van der Waals surface area contributed by atoms with E-state index in [1.165, 1.54) is 13.0 Å². The number of aliphatic hydroxyl groups excluding tert-OH is 1. The Morgan fingerprint density at radius 3 is 2.73 bits per heavy atom. The molecule has 0 saturated carbocycles. The summed E-state index contributed by atoms with van der Waals surface area (Å²) in [5.74, 6) is -0.0757. The maximum Gasteiger partial charge on any atom is 0.336 e. The highest BCUT2D eigenvalue weighted by Gasteiger charge is 2.39. The van der Waals surface area contributed by atoms with E-state index in [-0.39, 0.29) is 24.9 Å². The molecule has 1 saturated heterocycles. The topological polar surface area (TPSA) is 106 Å². The second kappa shape index (κ2) is 7.09. The third kappa shape index (κ3) is 4.05. The highest BCUT2D eigenvalue weighted by molar-refractivity contribution is 5.77. The molecule has 0 aliphatic carbocycles. The number of benzene rings is 1. The van der Waals surface area contributed by atoms with E-state index in [2.05, 4.69) is 0 Å². The van der Waals surface area contributed by atoms with Crippen molar-refractivity contribution in [3.05, 3.63) is 40.8 Å². The molecule has 2 aromatic rings. The van der Waals surface area contributed by atoms with Crippen molar-refractivity contribution in [2.45, 2.75) is 44.5 Å². The molecule has 1 aliphatic rings. The van der Waals surface area contributed by atoms with E-state index in [1.54, 1.807) is 31.2 Å². The molecule has 1 aromatic carbocycles. The van der Waals surface area contributed by atoms with Crippen LogP contribution in [-0.2, 0) is 9.53 Å². The Hall–Kier alpha value is -2.38. The lowest BCUT2D eigenvalue weighted by Crippen LogP contribution is -2.45. The average Bonchev–Trinajstić information content (AvgIpc) is 2.88. The van der Waals surface area contributed by atoms with Crippen molar-refractivity contribution >= 4 is 16.9 Å². The van der Waals surface area contributed by atoms with Crippen LogP contribution in [0.5, 0.6) is 5.75 Å². The Morgan fingerprint density at radius 1 is 1.31 bits per heavy atom. The van der Waals surface area contributed by atoms with E-state index in [1.807, 2.05) is 0 Å². The second-order valence-corrected chi connectivity index (χ2v) is 7.04. The van der Waals surface area contributed by atoms with Crippen LogP contribution in [0.25, 0.3) is 11.0 Å². The molecule has 2 N–H and O–H groups in total. The van der Waals surface area contributed by atoms with Gasteiger partial charge in [0.05, 0.1) is 11.5 Å². The number of hydrogen-bond donors (Lipinski definition) is 2. The van der Waals surface area contributed by atoms with Crippen LogP contribution >= 0.6 is 0 Å². The summed E-state index contributed by atoms with van der Waals surface area (Å²) in [5.41, 5.74) is -1.56. The van der Waals surface area contributed by atoms with Crippen LogP contribution in [0.3, 0.4) is 0 Å². The van der Waals surface area contributed by atoms with Crippen LogP contribution in [0.1, 0.15) is 26.7 Å². The molecule has 3 rings (SSSR count). The van der Waals surface area contributed by atoms with Crippen LogP contribution in [0.2, 0.25) is 0 Å². The number of carbonyl (C=O) groups is 1. The predicted molar refractivity (Wildman–Crippen MR) is 92.9 cm³/mol. The highest BCUT2D eigenvalue weighted by atomic mass is 16.6. The van der Waals surface area contributed by atoms with Crippen molar-refractivity contribution in [1.82, 2.24) is 0 Å². The van der Waals surface area contributed by atoms with Gasteiger partial charge in [-0.3, -0.25) is 4.79 Å². The van der Waals surface area contributed by atoms with E-state index < -0.39 is 23.4 Å². The second-order valence-electron chi connectivity index (χ2n) is 7.04. The molecule has 0 radical (unpaired) electrons. The Bertz CT molecular complexity index is 854. The summed E-state index contributed by atoms with van der Waals surface area (Å²) in [5, 5.41) is 21.6. The predicted octanol–water partition coefficient (Wildman–Crippen LogP) is 1.63. The molecule has 1 fully saturated rings. The molecule has 140 valence electrons. The van der Waals surface area contributed by atoms with Crippen LogP contribution < -0.4 is 10.4 Å². The number of cyclic esters (lactones) is 1. The molecule has 7 heteroatoms. The van der Waals surface area contributed by atoms with Gasteiger partial charge >= 0.3 is 11.6 Å². The van der Waals surface area contributed by atoms with Gasteiger partial charge in [0.1, 0.15) is 30.1 Å². The summed E-state index contributed by atoms with van der Waals surface area (Å²) in [6.07, 6.45) is -0.959. The molecular weight excluding hydrogens is 340 g/mol. The van der Waals surface area contributed by atoms with Gasteiger partial charge in [-0.25, -0.2) is 4.79 Å². The SMILES string of the molecule is CC1CC(CC(C)(O)C(O)COc2ccc3ccc(=O)oc3c2)OC1=O. The van der Waals surface area contributed by atoms with Gasteiger partial charge in [-0.1, -0.05) is 6.92 Å². The van der Waals surface area contributed by atoms with Gasteiger partial charge in [0.2, 0.25) is 0 Å². The summed E-state index contributed by atoms with van der Waals surface area (Å²) >= 11 is 0. The molecule has 7 nitrogen and oxygen atoms in total. The average molecular weight is 362 g/mol. The number of carbonyl (C=O) groups excluding carboxylic acids is 1. The zero-order valence-electron chi connectivity index (χ0n) is 14.7. The number of fused-ring (bicyclic) bond motifs is 1. The van der Waals surface area contributed by atoms with Gasteiger partial charge in [-0.05, 0) is 31.5 Å². The van der Waals surface area contributed by atoms with Gasteiger partial charge in [0, 0.05) is 23.9 Å². The lowest BCUT2D eigenvalue weighted by Gasteiger charge is -2.30. The zero-order chi connectivity index (χ0) is 18.9. The van der Waals surface area contributed by atoms with E-state index >= 15 is 0 Å². The number of hydrogen-bond acceptors (Lipinski definition) is 7. The quantitative estimate of drug-likeness (QED) is 0.594. The standard InChI is InChI=1S/C19H22O7/c1-11-7-14(25-18(11)22)9-19(2,23)16(20)10-24-13-5-3-12-4-6-17(21)26-15(12)8-13/h3-6,8,11,14,16,20,23H,7,9-10H2,1-2H3. The fraction of sp³-hybridized carbons (Fsp3) is 0.474. The monoisotopic (exact) mass is 362 g/mol. The van der Waals surface area contributed by atoms with E-state index in [9.17, 15) is 19.8 Å². The van der Waals surface area contributed by atoms with E-state index in [0.717, 1.165) is 5.39 Å². The maximum atomic E-state index is 11.5. The summed E-state index contributed by atoms with van der Waals surface area (Å²) in [6.45, 7) is 3.09. The minimum absolute atomic E-state index is 0.125. The number of aliphatic hydroxyl groups is 2. The Morgan fingerprint density at radius 2 is 2.04 bits per heavy atom. The van der Waals surface area contributed by atoms with Gasteiger partial charge in [0.25, 0.3) is 0 Å². The first-order chi connectivity index (χ1) is 12.2. The molecule has 2 heterocycles.